The van der Waals surface area contributed by atoms with E-state index in [1.54, 1.807) is 29.4 Å². The van der Waals surface area contributed by atoms with Crippen LogP contribution in [-0.4, -0.2) is 70.5 Å². The average Bonchev–Trinajstić information content (AvgIpc) is 3.70. The van der Waals surface area contributed by atoms with Crippen molar-refractivity contribution >= 4 is 39.7 Å². The highest BCUT2D eigenvalue weighted by molar-refractivity contribution is 7.12. The molecule has 12 heteroatoms. The lowest BCUT2D eigenvalue weighted by Gasteiger charge is -2.30. The molecule has 0 saturated carbocycles. The fourth-order valence-corrected chi connectivity index (χ4v) is 5.67. The van der Waals surface area contributed by atoms with Crippen molar-refractivity contribution in [3.63, 3.8) is 0 Å². The number of nitrogens with one attached hydrogen (secondary N) is 2. The van der Waals surface area contributed by atoms with Gasteiger partial charge in [0.2, 0.25) is 0 Å². The van der Waals surface area contributed by atoms with Gasteiger partial charge in [0.25, 0.3) is 5.91 Å². The third kappa shape index (κ3) is 4.66. The summed E-state index contributed by atoms with van der Waals surface area (Å²) >= 11 is 1.19. The monoisotopic (exact) mass is 535 g/mol. The molecular formula is C26H29N7O4S. The van der Waals surface area contributed by atoms with Crippen LogP contribution in [0.2, 0.25) is 0 Å². The number of piperazine rings is 1. The van der Waals surface area contributed by atoms with Crippen molar-refractivity contribution in [1.29, 1.82) is 0 Å². The van der Waals surface area contributed by atoms with Gasteiger partial charge in [-0.15, -0.1) is 11.3 Å². The largest absolute Gasteiger partial charge is 0.489 e. The smallest absolute Gasteiger partial charge is 0.334 e. The lowest BCUT2D eigenvalue weighted by atomic mass is 10.2. The Labute approximate surface area is 223 Å². The standard InChI is InChI=1S/C26H29N7O4S/c1-31-23-20(5-2-6-21(23)37-15-17-4-3-13-36-17)33(26(31)35)22-16-38-25(30-22)24(34)29-18-14-28-8-7-19(18)32-11-9-27-10-12-32/h2,5-8,14,16-17,27H,3-4,9-13,15H2,1H3,(H,29,34). The number of rotatable bonds is 7. The molecular weight excluding hydrogens is 506 g/mol. The summed E-state index contributed by atoms with van der Waals surface area (Å²) in [5.74, 6) is 0.654. The van der Waals surface area contributed by atoms with Crippen molar-refractivity contribution in [2.45, 2.75) is 18.9 Å². The summed E-state index contributed by atoms with van der Waals surface area (Å²) in [6, 6.07) is 7.46. The number of carbonyl (C=O) groups excluding carboxylic acids is 1. The molecule has 1 amide bonds. The number of aryl methyl sites for hydroxylation is 1. The molecule has 2 fully saturated rings. The van der Waals surface area contributed by atoms with Gasteiger partial charge in [-0.05, 0) is 31.0 Å². The van der Waals surface area contributed by atoms with Crippen molar-refractivity contribution in [2.24, 2.45) is 7.05 Å². The van der Waals surface area contributed by atoms with Gasteiger partial charge in [0.05, 0.1) is 29.2 Å². The number of anilines is 2. The van der Waals surface area contributed by atoms with E-state index in [0.29, 0.717) is 34.9 Å². The highest BCUT2D eigenvalue weighted by Gasteiger charge is 2.22. The number of aromatic nitrogens is 4. The van der Waals surface area contributed by atoms with Gasteiger partial charge in [0.1, 0.15) is 17.9 Å². The zero-order valence-electron chi connectivity index (χ0n) is 21.1. The Morgan fingerprint density at radius 1 is 1.29 bits per heavy atom. The molecule has 2 saturated heterocycles. The molecule has 198 valence electrons. The summed E-state index contributed by atoms with van der Waals surface area (Å²) in [4.78, 5) is 37.4. The summed E-state index contributed by atoms with van der Waals surface area (Å²) in [5, 5.41) is 8.27. The van der Waals surface area contributed by atoms with E-state index in [4.69, 9.17) is 9.47 Å². The van der Waals surface area contributed by atoms with Crippen molar-refractivity contribution in [1.82, 2.24) is 24.4 Å². The van der Waals surface area contributed by atoms with Crippen molar-refractivity contribution in [3.8, 4) is 11.6 Å². The molecule has 0 radical (unpaired) electrons. The van der Waals surface area contributed by atoms with E-state index in [0.717, 1.165) is 51.3 Å². The van der Waals surface area contributed by atoms with Crippen molar-refractivity contribution in [3.05, 3.63) is 57.5 Å². The first kappa shape index (κ1) is 24.6. The molecule has 0 aliphatic carbocycles. The van der Waals surface area contributed by atoms with Crippen molar-refractivity contribution < 1.29 is 14.3 Å². The van der Waals surface area contributed by atoms with Crippen LogP contribution in [0.4, 0.5) is 11.4 Å². The number of imidazole rings is 1. The van der Waals surface area contributed by atoms with E-state index in [-0.39, 0.29) is 22.7 Å². The molecule has 38 heavy (non-hydrogen) atoms. The highest BCUT2D eigenvalue weighted by Crippen LogP contribution is 2.29. The van der Waals surface area contributed by atoms with Gasteiger partial charge in [-0.25, -0.2) is 14.3 Å². The number of fused-ring (bicyclic) bond motifs is 1. The van der Waals surface area contributed by atoms with Crippen LogP contribution < -0.4 is 26.0 Å². The molecule has 5 heterocycles. The van der Waals surface area contributed by atoms with Gasteiger partial charge in [-0.1, -0.05) is 6.07 Å². The number of thiazole rings is 1. The number of amides is 1. The van der Waals surface area contributed by atoms with Crippen LogP contribution in [0.3, 0.4) is 0 Å². The van der Waals surface area contributed by atoms with E-state index in [1.165, 1.54) is 15.9 Å². The number of nitrogens with zero attached hydrogens (tertiary/aromatic N) is 5. The Morgan fingerprint density at radius 3 is 2.97 bits per heavy atom. The molecule has 6 rings (SSSR count). The number of hydrogen-bond acceptors (Lipinski definition) is 9. The van der Waals surface area contributed by atoms with Crippen LogP contribution in [0.15, 0.2) is 46.8 Å². The van der Waals surface area contributed by atoms with Crippen LogP contribution in [0.1, 0.15) is 22.6 Å². The summed E-state index contributed by atoms with van der Waals surface area (Å²) in [6.07, 6.45) is 5.44. The molecule has 2 aliphatic heterocycles. The maximum atomic E-state index is 13.3. The fourth-order valence-electron chi connectivity index (χ4n) is 4.99. The second-order valence-corrected chi connectivity index (χ2v) is 10.2. The summed E-state index contributed by atoms with van der Waals surface area (Å²) in [7, 11) is 1.71. The summed E-state index contributed by atoms with van der Waals surface area (Å²) in [6.45, 7) is 4.64. The van der Waals surface area contributed by atoms with E-state index in [1.807, 2.05) is 24.3 Å². The molecule has 2 aliphatic rings. The summed E-state index contributed by atoms with van der Waals surface area (Å²) < 4.78 is 14.8. The zero-order chi connectivity index (χ0) is 26.1. The van der Waals surface area contributed by atoms with E-state index >= 15 is 0 Å². The molecule has 2 N–H and O–H groups in total. The minimum absolute atomic E-state index is 0.0656. The predicted molar refractivity (Wildman–Crippen MR) is 146 cm³/mol. The minimum atomic E-state index is -0.348. The third-order valence-corrected chi connectivity index (χ3v) is 7.73. The number of para-hydroxylation sites is 1. The van der Waals surface area contributed by atoms with Crippen LogP contribution in [0.5, 0.6) is 5.75 Å². The SMILES string of the molecule is Cn1c(=O)n(-c2csc(C(=O)Nc3cnccc3N3CCNCC3)n2)c2cccc(OCC3CCCO3)c21. The first-order valence-corrected chi connectivity index (χ1v) is 13.6. The van der Waals surface area contributed by atoms with Gasteiger partial charge < -0.3 is 25.0 Å². The van der Waals surface area contributed by atoms with E-state index < -0.39 is 0 Å². The van der Waals surface area contributed by atoms with Gasteiger partial charge in [0, 0.05) is 51.4 Å². The molecule has 1 aromatic carbocycles. The number of carbonyl (C=O) groups is 1. The van der Waals surface area contributed by atoms with Gasteiger partial charge >= 0.3 is 5.69 Å². The Balaban J connectivity index is 1.26. The molecule has 4 aromatic rings. The second-order valence-electron chi connectivity index (χ2n) is 9.34. The molecule has 1 atom stereocenters. The Hall–Kier alpha value is -3.74. The fraction of sp³-hybridized carbons (Fsp3) is 0.385. The van der Waals surface area contributed by atoms with E-state index in [2.05, 4.69) is 25.5 Å². The zero-order valence-corrected chi connectivity index (χ0v) is 21.9. The number of pyridine rings is 1. The maximum Gasteiger partial charge on any atom is 0.334 e. The van der Waals surface area contributed by atoms with Gasteiger partial charge in [0.15, 0.2) is 10.8 Å². The van der Waals surface area contributed by atoms with Gasteiger partial charge in [-0.2, -0.15) is 0 Å². The predicted octanol–water partition coefficient (Wildman–Crippen LogP) is 2.40. The quantitative estimate of drug-likeness (QED) is 0.371. The topological polar surface area (TPSA) is 116 Å². The molecule has 1 unspecified atom stereocenters. The Bertz CT molecular complexity index is 1520. The first-order valence-electron chi connectivity index (χ1n) is 12.7. The van der Waals surface area contributed by atoms with Gasteiger partial charge in [-0.3, -0.25) is 14.3 Å². The van der Waals surface area contributed by atoms with Crippen LogP contribution in [-0.2, 0) is 11.8 Å². The minimum Gasteiger partial charge on any atom is -0.489 e. The van der Waals surface area contributed by atoms with Crippen LogP contribution in [0.25, 0.3) is 16.9 Å². The number of ether oxygens (including phenoxy) is 2. The summed E-state index contributed by atoms with van der Waals surface area (Å²) in [5.41, 5.74) is 2.62. The molecule has 0 bridgehead atoms. The molecule has 0 spiro atoms. The highest BCUT2D eigenvalue weighted by atomic mass is 32.1. The van der Waals surface area contributed by atoms with Crippen LogP contribution in [0, 0.1) is 0 Å². The second kappa shape index (κ2) is 10.6. The number of hydrogen-bond donors (Lipinski definition) is 2. The Morgan fingerprint density at radius 2 is 2.16 bits per heavy atom. The van der Waals surface area contributed by atoms with E-state index in [9.17, 15) is 9.59 Å². The first-order chi connectivity index (χ1) is 18.6. The molecule has 3 aromatic heterocycles. The third-order valence-electron chi connectivity index (χ3n) is 6.90. The molecule has 11 nitrogen and oxygen atoms in total. The van der Waals surface area contributed by atoms with Crippen molar-refractivity contribution in [2.75, 3.05) is 49.6 Å². The lowest BCUT2D eigenvalue weighted by Crippen LogP contribution is -2.43. The normalized spacial score (nSPS) is 17.7. The number of benzene rings is 1. The lowest BCUT2D eigenvalue weighted by molar-refractivity contribution is 0.0684. The van der Waals surface area contributed by atoms with Crippen LogP contribution >= 0.6 is 11.3 Å². The maximum absolute atomic E-state index is 13.3. The average molecular weight is 536 g/mol. The Kier molecular flexibility index (Phi) is 6.83.